The minimum Gasteiger partial charge on any atom is -0.497 e. The van der Waals surface area contributed by atoms with Gasteiger partial charge in [-0.3, -0.25) is 14.9 Å². The second-order valence-electron chi connectivity index (χ2n) is 6.58. The van der Waals surface area contributed by atoms with E-state index in [1.54, 1.807) is 29.2 Å². The number of methoxy groups -OCH3 is 1. The third kappa shape index (κ3) is 4.22. The number of hydrogen-bond acceptors (Lipinski definition) is 7. The standard InChI is InChI=1S/C19H21N3O6S/c1-14(23)15-3-8-18(19(13-15)22(24)25)20-9-11-21(12-10-20)29(26,27)17-6-4-16(28-2)5-7-17/h3-8,13H,9-12H2,1-2H3. The molecule has 10 heteroatoms. The first kappa shape index (κ1) is 20.7. The molecular weight excluding hydrogens is 398 g/mol. The molecular formula is C19H21N3O6S. The molecule has 1 fully saturated rings. The summed E-state index contributed by atoms with van der Waals surface area (Å²) in [6.07, 6.45) is 0. The van der Waals surface area contributed by atoms with Crippen molar-refractivity contribution >= 4 is 27.2 Å². The summed E-state index contributed by atoms with van der Waals surface area (Å²) in [5, 5.41) is 11.5. The third-order valence-corrected chi connectivity index (χ3v) is 6.77. The molecule has 0 radical (unpaired) electrons. The van der Waals surface area contributed by atoms with Gasteiger partial charge in [-0.25, -0.2) is 8.42 Å². The Labute approximate surface area is 168 Å². The summed E-state index contributed by atoms with van der Waals surface area (Å²) < 4.78 is 32.1. The first-order valence-electron chi connectivity index (χ1n) is 8.92. The number of piperazine rings is 1. The summed E-state index contributed by atoms with van der Waals surface area (Å²) in [6.45, 7) is 2.34. The SMILES string of the molecule is COc1ccc(S(=O)(=O)N2CCN(c3ccc(C(C)=O)cc3[N+](=O)[O-])CC2)cc1. The Morgan fingerprint density at radius 2 is 1.69 bits per heavy atom. The van der Waals surface area contributed by atoms with Gasteiger partial charge in [0.2, 0.25) is 10.0 Å². The van der Waals surface area contributed by atoms with E-state index in [0.717, 1.165) is 0 Å². The lowest BCUT2D eigenvalue weighted by Crippen LogP contribution is -2.48. The Balaban J connectivity index is 1.78. The molecule has 0 amide bonds. The van der Waals surface area contributed by atoms with Gasteiger partial charge in [0.1, 0.15) is 11.4 Å². The number of carbonyl (C=O) groups is 1. The number of nitrogens with zero attached hydrogens (tertiary/aromatic N) is 3. The summed E-state index contributed by atoms with van der Waals surface area (Å²) in [5.74, 6) is 0.310. The van der Waals surface area contributed by atoms with Crippen LogP contribution in [0.5, 0.6) is 5.75 Å². The zero-order valence-electron chi connectivity index (χ0n) is 16.1. The number of sulfonamides is 1. The van der Waals surface area contributed by atoms with Crippen LogP contribution in [0.15, 0.2) is 47.4 Å². The van der Waals surface area contributed by atoms with Crippen molar-refractivity contribution in [2.24, 2.45) is 0 Å². The van der Waals surface area contributed by atoms with Crippen LogP contribution in [0.4, 0.5) is 11.4 Å². The number of ether oxygens (including phenoxy) is 1. The Morgan fingerprint density at radius 1 is 1.07 bits per heavy atom. The molecule has 2 aromatic rings. The second kappa shape index (κ2) is 8.18. The number of nitro benzene ring substituents is 1. The summed E-state index contributed by atoms with van der Waals surface area (Å²) in [6, 6.07) is 10.5. The molecule has 2 aromatic carbocycles. The Morgan fingerprint density at radius 3 is 2.21 bits per heavy atom. The lowest BCUT2D eigenvalue weighted by Gasteiger charge is -2.35. The fraction of sp³-hybridized carbons (Fsp3) is 0.316. The Bertz CT molecular complexity index is 1030. The van der Waals surface area contributed by atoms with E-state index in [1.165, 1.54) is 36.5 Å². The summed E-state index contributed by atoms with van der Waals surface area (Å²) in [7, 11) is -2.16. The largest absolute Gasteiger partial charge is 0.497 e. The average Bonchev–Trinajstić information content (AvgIpc) is 2.73. The van der Waals surface area contributed by atoms with Crippen molar-refractivity contribution in [2.75, 3.05) is 38.2 Å². The maximum atomic E-state index is 12.8. The molecule has 0 bridgehead atoms. The van der Waals surface area contributed by atoms with Crippen LogP contribution in [-0.2, 0) is 10.0 Å². The van der Waals surface area contributed by atoms with Crippen LogP contribution in [0.25, 0.3) is 0 Å². The lowest BCUT2D eigenvalue weighted by molar-refractivity contribution is -0.384. The smallest absolute Gasteiger partial charge is 0.293 e. The molecule has 1 aliphatic rings. The Hall–Kier alpha value is -2.98. The molecule has 0 unspecified atom stereocenters. The highest BCUT2D eigenvalue weighted by molar-refractivity contribution is 7.89. The molecule has 9 nitrogen and oxygen atoms in total. The van der Waals surface area contributed by atoms with E-state index in [4.69, 9.17) is 4.74 Å². The fourth-order valence-corrected chi connectivity index (χ4v) is 4.64. The number of ketones is 1. The van der Waals surface area contributed by atoms with Crippen molar-refractivity contribution in [1.29, 1.82) is 0 Å². The highest BCUT2D eigenvalue weighted by Gasteiger charge is 2.31. The maximum absolute atomic E-state index is 12.8. The number of benzene rings is 2. The predicted molar refractivity (Wildman–Crippen MR) is 107 cm³/mol. The number of rotatable bonds is 6. The van der Waals surface area contributed by atoms with E-state index in [9.17, 15) is 23.3 Å². The molecule has 0 spiro atoms. The summed E-state index contributed by atoms with van der Waals surface area (Å²) in [4.78, 5) is 24.4. The van der Waals surface area contributed by atoms with E-state index in [2.05, 4.69) is 0 Å². The van der Waals surface area contributed by atoms with Crippen LogP contribution in [0.3, 0.4) is 0 Å². The molecule has 0 saturated carbocycles. The van der Waals surface area contributed by atoms with Crippen molar-refractivity contribution in [2.45, 2.75) is 11.8 Å². The minimum absolute atomic E-state index is 0.163. The normalized spacial score (nSPS) is 15.2. The molecule has 0 aromatic heterocycles. The lowest BCUT2D eigenvalue weighted by atomic mass is 10.1. The molecule has 1 saturated heterocycles. The quantitative estimate of drug-likeness (QED) is 0.401. The molecule has 3 rings (SSSR count). The Kier molecular flexibility index (Phi) is 5.85. The fourth-order valence-electron chi connectivity index (χ4n) is 3.22. The number of anilines is 1. The summed E-state index contributed by atoms with van der Waals surface area (Å²) in [5.41, 5.74) is 0.479. The second-order valence-corrected chi connectivity index (χ2v) is 8.52. The third-order valence-electron chi connectivity index (χ3n) is 4.86. The van der Waals surface area contributed by atoms with E-state index < -0.39 is 14.9 Å². The minimum atomic E-state index is -3.66. The highest BCUT2D eigenvalue weighted by Crippen LogP contribution is 2.31. The van der Waals surface area contributed by atoms with E-state index in [0.29, 0.717) is 24.5 Å². The van der Waals surface area contributed by atoms with Crippen molar-refractivity contribution in [3.8, 4) is 5.75 Å². The monoisotopic (exact) mass is 419 g/mol. The van der Waals surface area contributed by atoms with Gasteiger partial charge in [-0.05, 0) is 43.3 Å². The van der Waals surface area contributed by atoms with Crippen LogP contribution in [0.2, 0.25) is 0 Å². The topological polar surface area (TPSA) is 110 Å². The first-order valence-corrected chi connectivity index (χ1v) is 10.4. The van der Waals surface area contributed by atoms with Crippen LogP contribution in [-0.4, -0.2) is 56.7 Å². The van der Waals surface area contributed by atoms with Gasteiger partial charge >= 0.3 is 0 Å². The molecule has 0 atom stereocenters. The van der Waals surface area contributed by atoms with Crippen LogP contribution >= 0.6 is 0 Å². The molecule has 154 valence electrons. The van der Waals surface area contributed by atoms with Gasteiger partial charge in [-0.2, -0.15) is 4.31 Å². The molecule has 0 aliphatic carbocycles. The van der Waals surface area contributed by atoms with Crippen LogP contribution in [0, 0.1) is 10.1 Å². The number of nitro groups is 1. The van der Waals surface area contributed by atoms with Gasteiger partial charge in [0.15, 0.2) is 5.78 Å². The zero-order valence-corrected chi connectivity index (χ0v) is 16.9. The van der Waals surface area contributed by atoms with Gasteiger partial charge in [0, 0.05) is 37.8 Å². The number of carbonyl (C=O) groups excluding carboxylic acids is 1. The van der Waals surface area contributed by atoms with Crippen molar-refractivity contribution < 1.29 is 22.9 Å². The zero-order chi connectivity index (χ0) is 21.2. The van der Waals surface area contributed by atoms with Gasteiger partial charge in [-0.15, -0.1) is 0 Å². The van der Waals surface area contributed by atoms with Crippen molar-refractivity contribution in [3.63, 3.8) is 0 Å². The van der Waals surface area contributed by atoms with E-state index >= 15 is 0 Å². The molecule has 1 aliphatic heterocycles. The van der Waals surface area contributed by atoms with E-state index in [1.807, 2.05) is 0 Å². The molecule has 1 heterocycles. The van der Waals surface area contributed by atoms with Crippen LogP contribution < -0.4 is 9.64 Å². The number of Topliss-reactive ketones (excluding diaryl/α,β-unsaturated/α-hetero) is 1. The average molecular weight is 419 g/mol. The highest BCUT2D eigenvalue weighted by atomic mass is 32.2. The summed E-state index contributed by atoms with van der Waals surface area (Å²) >= 11 is 0. The predicted octanol–water partition coefficient (Wildman–Crippen LogP) is 2.32. The first-order chi connectivity index (χ1) is 13.7. The van der Waals surface area contributed by atoms with Gasteiger partial charge in [0.05, 0.1) is 16.9 Å². The van der Waals surface area contributed by atoms with Crippen LogP contribution in [0.1, 0.15) is 17.3 Å². The molecule has 29 heavy (non-hydrogen) atoms. The number of hydrogen-bond donors (Lipinski definition) is 0. The van der Waals surface area contributed by atoms with E-state index in [-0.39, 0.29) is 35.0 Å². The van der Waals surface area contributed by atoms with Crippen molar-refractivity contribution in [3.05, 3.63) is 58.1 Å². The van der Waals surface area contributed by atoms with Gasteiger partial charge in [0.25, 0.3) is 5.69 Å². The molecule has 0 N–H and O–H groups in total. The maximum Gasteiger partial charge on any atom is 0.293 e. The van der Waals surface area contributed by atoms with Crippen molar-refractivity contribution in [1.82, 2.24) is 4.31 Å². The van der Waals surface area contributed by atoms with Gasteiger partial charge in [-0.1, -0.05) is 0 Å². The van der Waals surface area contributed by atoms with Gasteiger partial charge < -0.3 is 9.64 Å².